The van der Waals surface area contributed by atoms with Gasteiger partial charge in [0.25, 0.3) is 0 Å². The molecule has 1 aromatic rings. The average molecular weight is 566 g/mol. The summed E-state index contributed by atoms with van der Waals surface area (Å²) in [6.07, 6.45) is 1.24. The molecule has 208 valence electrons. The zero-order chi connectivity index (χ0) is 27.8. The quantitative estimate of drug-likeness (QED) is 0.319. The minimum atomic E-state index is -1.22. The molecular weight excluding hydrogens is 530 g/mol. The molecule has 2 heterocycles. The van der Waals surface area contributed by atoms with Crippen LogP contribution in [0.1, 0.15) is 32.3 Å². The number of amides is 4. The fourth-order valence-corrected chi connectivity index (χ4v) is 6.65. The van der Waals surface area contributed by atoms with E-state index >= 15 is 0 Å². The van der Waals surface area contributed by atoms with Crippen molar-refractivity contribution in [3.8, 4) is 0 Å². The summed E-state index contributed by atoms with van der Waals surface area (Å²) in [4.78, 5) is 66.2. The molecule has 6 N–H and O–H groups in total. The normalized spacial score (nSPS) is 28.2. The van der Waals surface area contributed by atoms with Crippen LogP contribution in [0.25, 0.3) is 0 Å². The highest BCUT2D eigenvalue weighted by Crippen LogP contribution is 2.25. The summed E-state index contributed by atoms with van der Waals surface area (Å²) in [6.45, 7) is 3.86. The van der Waals surface area contributed by atoms with Gasteiger partial charge in [-0.1, -0.05) is 65.8 Å². The van der Waals surface area contributed by atoms with Crippen LogP contribution in [0.15, 0.2) is 30.3 Å². The molecule has 38 heavy (non-hydrogen) atoms. The zero-order valence-corrected chi connectivity index (χ0v) is 23.1. The molecule has 0 saturated carbocycles. The number of aliphatic carboxylic acids is 1. The number of nitrogens with zero attached hydrogens (tertiary/aromatic N) is 1. The number of fused-ring (bicyclic) bond motifs is 1. The monoisotopic (exact) mass is 565 g/mol. The van der Waals surface area contributed by atoms with E-state index in [9.17, 15) is 29.1 Å². The number of hydrogen-bond acceptors (Lipinski definition) is 8. The van der Waals surface area contributed by atoms with Crippen molar-refractivity contribution in [3.05, 3.63) is 35.9 Å². The van der Waals surface area contributed by atoms with Crippen LogP contribution in [0, 0.1) is 5.92 Å². The van der Waals surface area contributed by atoms with E-state index in [0.29, 0.717) is 19.4 Å². The largest absolute Gasteiger partial charge is 0.480 e. The lowest BCUT2D eigenvalue weighted by Crippen LogP contribution is -2.59. The van der Waals surface area contributed by atoms with Gasteiger partial charge in [0.2, 0.25) is 23.6 Å². The third-order valence-electron chi connectivity index (χ3n) is 6.50. The summed E-state index contributed by atoms with van der Waals surface area (Å²) >= 11 is 0. The number of carboxylic acids is 1. The van der Waals surface area contributed by atoms with Crippen molar-refractivity contribution in [1.29, 1.82) is 0 Å². The van der Waals surface area contributed by atoms with E-state index in [1.165, 1.54) is 26.5 Å². The van der Waals surface area contributed by atoms with E-state index in [-0.39, 0.29) is 29.8 Å². The molecule has 0 aromatic heterocycles. The summed E-state index contributed by atoms with van der Waals surface area (Å²) in [7, 11) is 2.41. The van der Waals surface area contributed by atoms with Crippen molar-refractivity contribution in [2.24, 2.45) is 11.7 Å². The van der Waals surface area contributed by atoms with Crippen molar-refractivity contribution >= 4 is 51.2 Å². The van der Waals surface area contributed by atoms with Crippen LogP contribution in [0.4, 0.5) is 0 Å². The Kier molecular flexibility index (Phi) is 10.9. The first-order chi connectivity index (χ1) is 18.1. The number of benzene rings is 1. The predicted octanol–water partition coefficient (Wildman–Crippen LogP) is 0.137. The Balaban J connectivity index is 1.93. The van der Waals surface area contributed by atoms with E-state index in [0.717, 1.165) is 5.56 Å². The minimum absolute atomic E-state index is 0.0361. The molecule has 2 fully saturated rings. The van der Waals surface area contributed by atoms with Gasteiger partial charge in [-0.2, -0.15) is 0 Å². The second kappa shape index (κ2) is 13.9. The molecule has 2 saturated heterocycles. The molecule has 3 rings (SSSR count). The van der Waals surface area contributed by atoms with Crippen LogP contribution >= 0.6 is 21.6 Å². The fraction of sp³-hybridized carbons (Fsp3) is 0.560. The smallest absolute Gasteiger partial charge is 0.327 e. The highest BCUT2D eigenvalue weighted by molar-refractivity contribution is 8.76. The van der Waals surface area contributed by atoms with Gasteiger partial charge in [-0.25, -0.2) is 4.79 Å². The van der Waals surface area contributed by atoms with E-state index in [1.54, 1.807) is 13.8 Å². The number of nitrogens with one attached hydrogen (secondary N) is 3. The minimum Gasteiger partial charge on any atom is -0.480 e. The first-order valence-electron chi connectivity index (χ1n) is 12.6. The standard InChI is InChI=1S/C25H35N5O6S2/c1-14(2)20-23(33)28-18(25(35)36)13-38-37-12-16(26)24(34)30-10-6-9-19(30)22(32)27-17(21(31)29-20)11-15-7-4-3-5-8-15/h3-5,7-8,14,16-20H,6,9-13,26H2,1-2H3,(H,27,32)(H,28,33)(H,29,31)(H,35,36)/t16-,17-,18-,19-,20-/m0/s1. The second-order valence-electron chi connectivity index (χ2n) is 9.75. The maximum atomic E-state index is 13.5. The molecule has 0 bridgehead atoms. The van der Waals surface area contributed by atoms with Crippen LogP contribution in [-0.2, 0) is 30.4 Å². The lowest BCUT2D eigenvalue weighted by molar-refractivity contribution is -0.142. The van der Waals surface area contributed by atoms with Gasteiger partial charge in [0.1, 0.15) is 24.2 Å². The van der Waals surface area contributed by atoms with Crippen LogP contribution in [0.3, 0.4) is 0 Å². The SMILES string of the molecule is CC(C)[C@@H]1NC(=O)[C@H](Cc2ccccc2)NC(=O)[C@@H]2CCCN2C(=O)[C@@H](N)CSSC[C@@H](C(=O)O)NC1=O. The number of carbonyl (C=O) groups is 5. The summed E-state index contributed by atoms with van der Waals surface area (Å²) in [5, 5.41) is 17.7. The highest BCUT2D eigenvalue weighted by Gasteiger charge is 2.38. The Labute approximate surface area is 229 Å². The molecule has 2 aliphatic rings. The lowest BCUT2D eigenvalue weighted by atomic mass is 10.0. The molecule has 0 radical (unpaired) electrons. The molecule has 2 aliphatic heterocycles. The fourth-order valence-electron chi connectivity index (χ4n) is 4.38. The topological polar surface area (TPSA) is 171 Å². The predicted molar refractivity (Wildman–Crippen MR) is 146 cm³/mol. The highest BCUT2D eigenvalue weighted by atomic mass is 33.1. The van der Waals surface area contributed by atoms with Crippen molar-refractivity contribution in [1.82, 2.24) is 20.9 Å². The van der Waals surface area contributed by atoms with Gasteiger partial charge in [-0.15, -0.1) is 0 Å². The molecule has 11 nitrogen and oxygen atoms in total. The van der Waals surface area contributed by atoms with Crippen LogP contribution in [0.5, 0.6) is 0 Å². The summed E-state index contributed by atoms with van der Waals surface area (Å²) in [5.41, 5.74) is 6.92. The summed E-state index contributed by atoms with van der Waals surface area (Å²) in [6, 6.07) is 4.23. The number of carbonyl (C=O) groups excluding carboxylic acids is 4. The van der Waals surface area contributed by atoms with Gasteiger partial charge in [-0.3, -0.25) is 19.2 Å². The Morgan fingerprint density at radius 3 is 2.37 bits per heavy atom. The molecule has 1 aromatic carbocycles. The number of hydrogen-bond donors (Lipinski definition) is 5. The van der Waals surface area contributed by atoms with E-state index < -0.39 is 53.9 Å². The van der Waals surface area contributed by atoms with E-state index in [1.807, 2.05) is 30.3 Å². The number of carboxylic acid groups (broad SMARTS) is 1. The maximum Gasteiger partial charge on any atom is 0.327 e. The van der Waals surface area contributed by atoms with Gasteiger partial charge < -0.3 is 31.7 Å². The van der Waals surface area contributed by atoms with Crippen molar-refractivity contribution in [3.63, 3.8) is 0 Å². The molecule has 4 amide bonds. The Morgan fingerprint density at radius 2 is 1.71 bits per heavy atom. The molecule has 0 aliphatic carbocycles. The molecule has 5 atom stereocenters. The average Bonchev–Trinajstić information content (AvgIpc) is 3.37. The molecule has 0 spiro atoms. The Morgan fingerprint density at radius 1 is 1.03 bits per heavy atom. The molecule has 13 heteroatoms. The van der Waals surface area contributed by atoms with Gasteiger partial charge in [0, 0.05) is 24.5 Å². The van der Waals surface area contributed by atoms with Crippen LogP contribution < -0.4 is 21.7 Å². The first kappa shape index (κ1) is 29.8. The van der Waals surface area contributed by atoms with Crippen molar-refractivity contribution in [2.45, 2.75) is 63.3 Å². The van der Waals surface area contributed by atoms with E-state index in [2.05, 4.69) is 16.0 Å². The molecular formula is C25H35N5O6S2. The van der Waals surface area contributed by atoms with E-state index in [4.69, 9.17) is 5.73 Å². The maximum absolute atomic E-state index is 13.5. The summed E-state index contributed by atoms with van der Waals surface area (Å²) in [5.74, 6) is -3.36. The van der Waals surface area contributed by atoms with Gasteiger partial charge in [0.05, 0.1) is 6.04 Å². The first-order valence-corrected chi connectivity index (χ1v) is 15.1. The van der Waals surface area contributed by atoms with Gasteiger partial charge >= 0.3 is 5.97 Å². The van der Waals surface area contributed by atoms with Crippen LogP contribution in [-0.4, -0.2) is 87.9 Å². The van der Waals surface area contributed by atoms with Crippen LogP contribution in [0.2, 0.25) is 0 Å². The number of nitrogens with two attached hydrogens (primary N) is 1. The van der Waals surface area contributed by atoms with Crippen molar-refractivity contribution in [2.75, 3.05) is 18.1 Å². The van der Waals surface area contributed by atoms with Gasteiger partial charge in [0.15, 0.2) is 0 Å². The Bertz CT molecular complexity index is 1030. The summed E-state index contributed by atoms with van der Waals surface area (Å²) < 4.78 is 0. The third-order valence-corrected chi connectivity index (χ3v) is 8.95. The Hall–Kier alpha value is -2.77. The lowest BCUT2D eigenvalue weighted by Gasteiger charge is -2.29. The van der Waals surface area contributed by atoms with Gasteiger partial charge in [-0.05, 0) is 24.3 Å². The third kappa shape index (κ3) is 7.87. The number of rotatable bonds is 4. The zero-order valence-electron chi connectivity index (χ0n) is 21.4. The second-order valence-corrected chi connectivity index (χ2v) is 12.3. The van der Waals surface area contributed by atoms with Crippen molar-refractivity contribution < 1.29 is 29.1 Å². The molecule has 0 unspecified atom stereocenters.